The molecule has 0 N–H and O–H groups in total. The van der Waals surface area contributed by atoms with Gasteiger partial charge in [0, 0.05) is 17.7 Å². The van der Waals surface area contributed by atoms with Crippen LogP contribution in [-0.2, 0) is 10.6 Å². The number of alkyl halides is 1. The lowest BCUT2D eigenvalue weighted by molar-refractivity contribution is -0.0371. The largest absolute Gasteiger partial charge is 0.356 e. The van der Waals surface area contributed by atoms with Crippen molar-refractivity contribution < 1.29 is 4.74 Å². The molecule has 1 aliphatic heterocycles. The molecule has 96 valence electrons. The molecule has 2 aromatic rings. The highest BCUT2D eigenvalue weighted by molar-refractivity contribution is 6.17. The summed E-state index contributed by atoms with van der Waals surface area (Å²) in [5, 5.41) is 5.60. The first-order valence-electron chi connectivity index (χ1n) is 6.32. The Morgan fingerprint density at radius 3 is 3.06 bits per heavy atom. The number of hydrogen-bond acceptors (Lipinski definition) is 3. The Morgan fingerprint density at radius 2 is 2.33 bits per heavy atom. The van der Waals surface area contributed by atoms with E-state index < -0.39 is 0 Å². The molecule has 3 heterocycles. The zero-order chi connectivity index (χ0) is 12.5. The summed E-state index contributed by atoms with van der Waals surface area (Å²) in [7, 11) is 0. The minimum atomic E-state index is 0.00696. The first kappa shape index (κ1) is 11.9. The van der Waals surface area contributed by atoms with Crippen LogP contribution in [-0.4, -0.2) is 21.4 Å². The van der Waals surface area contributed by atoms with Gasteiger partial charge >= 0.3 is 0 Å². The van der Waals surface area contributed by atoms with Crippen molar-refractivity contribution in [1.29, 1.82) is 0 Å². The molecule has 1 saturated heterocycles. The van der Waals surface area contributed by atoms with Crippen LogP contribution in [0.2, 0.25) is 0 Å². The van der Waals surface area contributed by atoms with Crippen LogP contribution in [0, 0.1) is 6.92 Å². The van der Waals surface area contributed by atoms with Gasteiger partial charge in [-0.25, -0.2) is 9.67 Å². The second-order valence-corrected chi connectivity index (χ2v) is 4.94. The minimum absolute atomic E-state index is 0.00696. The van der Waals surface area contributed by atoms with Crippen LogP contribution in [0.4, 0.5) is 0 Å². The molecule has 0 amide bonds. The van der Waals surface area contributed by atoms with Gasteiger partial charge in [0.25, 0.3) is 0 Å². The van der Waals surface area contributed by atoms with Crippen molar-refractivity contribution in [3.63, 3.8) is 0 Å². The zero-order valence-corrected chi connectivity index (χ0v) is 11.2. The van der Waals surface area contributed by atoms with E-state index in [1.54, 1.807) is 0 Å². The summed E-state index contributed by atoms with van der Waals surface area (Å²) in [5.41, 5.74) is 2.76. The van der Waals surface area contributed by atoms with Crippen LogP contribution < -0.4 is 0 Å². The van der Waals surface area contributed by atoms with Crippen molar-refractivity contribution >= 4 is 22.6 Å². The summed E-state index contributed by atoms with van der Waals surface area (Å²) in [6.45, 7) is 2.78. The fourth-order valence-electron chi connectivity index (χ4n) is 2.39. The molecule has 1 atom stereocenters. The van der Waals surface area contributed by atoms with E-state index in [0.717, 1.165) is 41.9 Å². The van der Waals surface area contributed by atoms with Gasteiger partial charge in [0.1, 0.15) is 0 Å². The van der Waals surface area contributed by atoms with E-state index in [4.69, 9.17) is 16.3 Å². The van der Waals surface area contributed by atoms with Crippen LogP contribution in [0.3, 0.4) is 0 Å². The zero-order valence-electron chi connectivity index (χ0n) is 10.4. The molecule has 1 fully saturated rings. The van der Waals surface area contributed by atoms with E-state index in [-0.39, 0.29) is 6.23 Å². The first-order valence-corrected chi connectivity index (χ1v) is 6.85. The van der Waals surface area contributed by atoms with Gasteiger partial charge in [-0.15, -0.1) is 11.6 Å². The Labute approximate surface area is 111 Å². The summed E-state index contributed by atoms with van der Waals surface area (Å²) in [4.78, 5) is 4.58. The van der Waals surface area contributed by atoms with E-state index in [1.165, 1.54) is 6.42 Å². The number of aryl methyl sites for hydroxylation is 1. The van der Waals surface area contributed by atoms with E-state index in [2.05, 4.69) is 10.1 Å². The summed E-state index contributed by atoms with van der Waals surface area (Å²) in [6.07, 6.45) is 3.31. The molecule has 1 aliphatic rings. The van der Waals surface area contributed by atoms with Crippen molar-refractivity contribution in [2.24, 2.45) is 0 Å². The molecular formula is C13H16ClN3O. The number of halogens is 1. The van der Waals surface area contributed by atoms with Crippen LogP contribution >= 0.6 is 11.6 Å². The second-order valence-electron chi connectivity index (χ2n) is 4.67. The number of fused-ring (bicyclic) bond motifs is 1. The molecule has 0 radical (unpaired) electrons. The average molecular weight is 266 g/mol. The van der Waals surface area contributed by atoms with Crippen LogP contribution in [0.1, 0.15) is 36.9 Å². The highest BCUT2D eigenvalue weighted by atomic mass is 35.5. The summed E-state index contributed by atoms with van der Waals surface area (Å²) < 4.78 is 7.69. The van der Waals surface area contributed by atoms with Crippen molar-refractivity contribution in [2.45, 2.75) is 38.3 Å². The Bertz CT molecular complexity index is 561. The molecule has 1 unspecified atom stereocenters. The van der Waals surface area contributed by atoms with Gasteiger partial charge in [-0.05, 0) is 38.3 Å². The molecule has 0 aromatic carbocycles. The second kappa shape index (κ2) is 4.86. The molecular weight excluding hydrogens is 250 g/mol. The summed E-state index contributed by atoms with van der Waals surface area (Å²) >= 11 is 5.95. The smallest absolute Gasteiger partial charge is 0.161 e. The fraction of sp³-hybridized carbons (Fsp3) is 0.538. The highest BCUT2D eigenvalue weighted by Gasteiger charge is 2.21. The van der Waals surface area contributed by atoms with Gasteiger partial charge in [0.05, 0.1) is 11.6 Å². The number of aromatic nitrogens is 3. The summed E-state index contributed by atoms with van der Waals surface area (Å²) in [5.74, 6) is 0.404. The average Bonchev–Trinajstić information content (AvgIpc) is 2.77. The lowest BCUT2D eigenvalue weighted by Crippen LogP contribution is -2.19. The van der Waals surface area contributed by atoms with Crippen LogP contribution in [0.5, 0.6) is 0 Å². The number of hydrogen-bond donors (Lipinski definition) is 0. The van der Waals surface area contributed by atoms with Crippen molar-refractivity contribution in [3.8, 4) is 0 Å². The fourth-order valence-corrected chi connectivity index (χ4v) is 2.59. The third-order valence-electron chi connectivity index (χ3n) is 3.33. The molecule has 4 nitrogen and oxygen atoms in total. The highest BCUT2D eigenvalue weighted by Crippen LogP contribution is 2.27. The monoisotopic (exact) mass is 265 g/mol. The lowest BCUT2D eigenvalue weighted by Gasteiger charge is -2.23. The molecule has 3 rings (SSSR count). The third-order valence-corrected chi connectivity index (χ3v) is 3.58. The van der Waals surface area contributed by atoms with E-state index in [0.29, 0.717) is 5.88 Å². The molecule has 5 heteroatoms. The van der Waals surface area contributed by atoms with E-state index >= 15 is 0 Å². The van der Waals surface area contributed by atoms with Gasteiger partial charge in [0.2, 0.25) is 0 Å². The predicted octanol–water partition coefficient (Wildman–Crippen LogP) is 3.18. The minimum Gasteiger partial charge on any atom is -0.356 e. The molecule has 0 bridgehead atoms. The van der Waals surface area contributed by atoms with Crippen molar-refractivity contribution in [1.82, 2.24) is 14.8 Å². The standard InChI is InChI=1S/C13H16ClN3O/c1-9-5-6-10-11(8-14)16-17(13(10)15-9)12-4-2-3-7-18-12/h5-6,12H,2-4,7-8H2,1H3. The number of ether oxygens (including phenoxy) is 1. The molecule has 0 saturated carbocycles. The number of pyridine rings is 1. The normalized spacial score (nSPS) is 20.4. The third kappa shape index (κ3) is 1.99. The maximum atomic E-state index is 5.95. The van der Waals surface area contributed by atoms with E-state index in [1.807, 2.05) is 23.7 Å². The molecule has 0 spiro atoms. The first-order chi connectivity index (χ1) is 8.79. The SMILES string of the molecule is Cc1ccc2c(CCl)nn(C3CCCCO3)c2n1. The van der Waals surface area contributed by atoms with Gasteiger partial charge in [-0.2, -0.15) is 5.10 Å². The Balaban J connectivity index is 2.12. The number of rotatable bonds is 2. The Hall–Kier alpha value is -1.13. The molecule has 0 aliphatic carbocycles. The van der Waals surface area contributed by atoms with Crippen molar-refractivity contribution in [3.05, 3.63) is 23.5 Å². The van der Waals surface area contributed by atoms with Gasteiger partial charge in [-0.1, -0.05) is 0 Å². The summed E-state index contributed by atoms with van der Waals surface area (Å²) in [6, 6.07) is 4.04. The molecule has 18 heavy (non-hydrogen) atoms. The quantitative estimate of drug-likeness (QED) is 0.783. The van der Waals surface area contributed by atoms with E-state index in [9.17, 15) is 0 Å². The van der Waals surface area contributed by atoms with Crippen LogP contribution in [0.25, 0.3) is 11.0 Å². The Morgan fingerprint density at radius 1 is 1.44 bits per heavy atom. The molecule has 2 aromatic heterocycles. The maximum absolute atomic E-state index is 5.95. The van der Waals surface area contributed by atoms with Crippen LogP contribution in [0.15, 0.2) is 12.1 Å². The lowest BCUT2D eigenvalue weighted by atomic mass is 10.2. The van der Waals surface area contributed by atoms with Gasteiger partial charge in [0.15, 0.2) is 11.9 Å². The maximum Gasteiger partial charge on any atom is 0.161 e. The Kier molecular flexibility index (Phi) is 3.22. The predicted molar refractivity (Wildman–Crippen MR) is 70.7 cm³/mol. The van der Waals surface area contributed by atoms with Crippen molar-refractivity contribution in [2.75, 3.05) is 6.61 Å². The van der Waals surface area contributed by atoms with Gasteiger partial charge < -0.3 is 4.74 Å². The number of nitrogens with zero attached hydrogens (tertiary/aromatic N) is 3. The van der Waals surface area contributed by atoms with Gasteiger partial charge in [-0.3, -0.25) is 0 Å². The topological polar surface area (TPSA) is 39.9 Å².